The zero-order chi connectivity index (χ0) is 16.7. The molecular weight excluding hydrogens is 312 g/mol. The molecule has 1 aromatic heterocycles. The fraction of sp³-hybridized carbons (Fsp3) is 0.353. The highest BCUT2D eigenvalue weighted by atomic mass is 35.5. The minimum atomic E-state index is -0.257. The number of anilines is 2. The van der Waals surface area contributed by atoms with Crippen LogP contribution in [-0.2, 0) is 0 Å². The molecule has 0 radical (unpaired) electrons. The zero-order valence-electron chi connectivity index (χ0n) is 13.4. The first kappa shape index (κ1) is 17.2. The Kier molecular flexibility index (Phi) is 6.35. The van der Waals surface area contributed by atoms with Crippen molar-refractivity contribution < 1.29 is 4.79 Å². The Morgan fingerprint density at radius 1 is 1.22 bits per heavy atom. The third kappa shape index (κ3) is 4.93. The van der Waals surface area contributed by atoms with Gasteiger partial charge in [0.2, 0.25) is 5.95 Å². The van der Waals surface area contributed by atoms with Gasteiger partial charge in [0.05, 0.1) is 5.56 Å². The van der Waals surface area contributed by atoms with E-state index in [4.69, 9.17) is 11.6 Å². The fourth-order valence-electron chi connectivity index (χ4n) is 2.05. The number of hydrogen-bond acceptors (Lipinski definition) is 4. The van der Waals surface area contributed by atoms with Crippen LogP contribution in [0, 0.1) is 6.92 Å². The molecule has 5 nitrogen and oxygen atoms in total. The number of rotatable bonds is 7. The quantitative estimate of drug-likeness (QED) is 0.742. The average molecular weight is 333 g/mol. The van der Waals surface area contributed by atoms with Crippen molar-refractivity contribution in [2.24, 2.45) is 0 Å². The van der Waals surface area contributed by atoms with Gasteiger partial charge < -0.3 is 10.6 Å². The van der Waals surface area contributed by atoms with Crippen LogP contribution >= 0.6 is 11.6 Å². The normalized spacial score (nSPS) is 10.4. The van der Waals surface area contributed by atoms with Crippen molar-refractivity contribution in [2.75, 3.05) is 17.2 Å². The van der Waals surface area contributed by atoms with E-state index in [1.165, 1.54) is 25.2 Å². The van der Waals surface area contributed by atoms with E-state index in [-0.39, 0.29) is 5.91 Å². The lowest BCUT2D eigenvalue weighted by Gasteiger charge is -2.09. The van der Waals surface area contributed by atoms with Gasteiger partial charge in [0.25, 0.3) is 5.91 Å². The molecule has 0 atom stereocenters. The highest BCUT2D eigenvalue weighted by molar-refractivity contribution is 6.31. The van der Waals surface area contributed by atoms with Crippen LogP contribution in [0.3, 0.4) is 0 Å². The summed E-state index contributed by atoms with van der Waals surface area (Å²) in [7, 11) is 0. The van der Waals surface area contributed by atoms with Crippen molar-refractivity contribution in [3.8, 4) is 0 Å². The van der Waals surface area contributed by atoms with E-state index >= 15 is 0 Å². The SMILES string of the molecule is CCCCCNc1ncc(C(=O)Nc2cccc(Cl)c2C)cn1. The monoisotopic (exact) mass is 332 g/mol. The molecule has 0 fully saturated rings. The van der Waals surface area contributed by atoms with Crippen molar-refractivity contribution >= 4 is 29.1 Å². The van der Waals surface area contributed by atoms with Crippen LogP contribution in [0.25, 0.3) is 0 Å². The average Bonchev–Trinajstić information content (AvgIpc) is 2.56. The molecule has 2 rings (SSSR count). The van der Waals surface area contributed by atoms with E-state index in [2.05, 4.69) is 27.5 Å². The molecule has 0 aliphatic carbocycles. The number of benzene rings is 1. The maximum absolute atomic E-state index is 12.2. The number of hydrogen-bond donors (Lipinski definition) is 2. The Labute approximate surface area is 141 Å². The molecular formula is C17H21ClN4O. The second-order valence-corrected chi connectivity index (χ2v) is 5.70. The molecule has 2 aromatic rings. The second kappa shape index (κ2) is 8.48. The van der Waals surface area contributed by atoms with Crippen LogP contribution in [0.4, 0.5) is 11.6 Å². The van der Waals surface area contributed by atoms with Crippen molar-refractivity contribution in [3.05, 3.63) is 46.7 Å². The lowest BCUT2D eigenvalue weighted by molar-refractivity contribution is 0.102. The smallest absolute Gasteiger partial charge is 0.258 e. The summed E-state index contributed by atoms with van der Waals surface area (Å²) in [4.78, 5) is 20.6. The topological polar surface area (TPSA) is 66.9 Å². The van der Waals surface area contributed by atoms with Gasteiger partial charge in [0.15, 0.2) is 0 Å². The standard InChI is InChI=1S/C17H21ClN4O/c1-3-4-5-9-19-17-20-10-13(11-21-17)16(23)22-15-8-6-7-14(18)12(15)2/h6-8,10-11H,3-5,9H2,1-2H3,(H,22,23)(H,19,20,21). The van der Waals surface area contributed by atoms with E-state index < -0.39 is 0 Å². The first-order valence-corrected chi connectivity index (χ1v) is 8.12. The van der Waals surface area contributed by atoms with Gasteiger partial charge in [-0.3, -0.25) is 4.79 Å². The van der Waals surface area contributed by atoms with Gasteiger partial charge in [0.1, 0.15) is 0 Å². The highest BCUT2D eigenvalue weighted by Crippen LogP contribution is 2.23. The number of aromatic nitrogens is 2. The summed E-state index contributed by atoms with van der Waals surface area (Å²) in [6, 6.07) is 5.39. The minimum absolute atomic E-state index is 0.257. The van der Waals surface area contributed by atoms with Gasteiger partial charge in [-0.15, -0.1) is 0 Å². The summed E-state index contributed by atoms with van der Waals surface area (Å²) in [5, 5.41) is 6.58. The molecule has 23 heavy (non-hydrogen) atoms. The predicted molar refractivity (Wildman–Crippen MR) is 94.2 cm³/mol. The largest absolute Gasteiger partial charge is 0.354 e. The number of nitrogens with one attached hydrogen (secondary N) is 2. The van der Waals surface area contributed by atoms with Crippen LogP contribution in [0.5, 0.6) is 0 Å². The summed E-state index contributed by atoms with van der Waals surface area (Å²) >= 11 is 6.05. The molecule has 6 heteroatoms. The van der Waals surface area contributed by atoms with Gasteiger partial charge in [0, 0.05) is 29.6 Å². The Morgan fingerprint density at radius 3 is 2.65 bits per heavy atom. The third-order valence-electron chi connectivity index (χ3n) is 3.49. The maximum atomic E-state index is 12.2. The molecule has 0 saturated carbocycles. The Balaban J connectivity index is 1.96. The minimum Gasteiger partial charge on any atom is -0.354 e. The molecule has 0 aliphatic heterocycles. The van der Waals surface area contributed by atoms with Crippen molar-refractivity contribution in [3.63, 3.8) is 0 Å². The number of nitrogens with zero attached hydrogens (tertiary/aromatic N) is 2. The lowest BCUT2D eigenvalue weighted by Crippen LogP contribution is -2.14. The molecule has 1 aromatic carbocycles. The zero-order valence-corrected chi connectivity index (χ0v) is 14.2. The molecule has 0 spiro atoms. The van der Waals surface area contributed by atoms with Crippen LogP contribution in [0.1, 0.15) is 42.1 Å². The van der Waals surface area contributed by atoms with Crippen molar-refractivity contribution in [2.45, 2.75) is 33.1 Å². The van der Waals surface area contributed by atoms with Gasteiger partial charge in [-0.05, 0) is 31.0 Å². The number of carbonyl (C=O) groups excluding carboxylic acids is 1. The first-order valence-electron chi connectivity index (χ1n) is 7.74. The molecule has 0 bridgehead atoms. The number of unbranched alkanes of at least 4 members (excludes halogenated alkanes) is 2. The predicted octanol–water partition coefficient (Wildman–Crippen LogP) is 4.29. The van der Waals surface area contributed by atoms with Gasteiger partial charge in [-0.2, -0.15) is 0 Å². The molecule has 1 heterocycles. The fourth-order valence-corrected chi connectivity index (χ4v) is 2.22. The number of amides is 1. The van der Waals surface area contributed by atoms with Crippen LogP contribution < -0.4 is 10.6 Å². The first-order chi connectivity index (χ1) is 11.1. The molecule has 122 valence electrons. The summed E-state index contributed by atoms with van der Waals surface area (Å²) in [6.45, 7) is 4.85. The van der Waals surface area contributed by atoms with Crippen molar-refractivity contribution in [1.29, 1.82) is 0 Å². The van der Waals surface area contributed by atoms with Crippen LogP contribution in [-0.4, -0.2) is 22.4 Å². The van der Waals surface area contributed by atoms with E-state index in [1.807, 2.05) is 13.0 Å². The summed E-state index contributed by atoms with van der Waals surface area (Å²) < 4.78 is 0. The molecule has 2 N–H and O–H groups in total. The van der Waals surface area contributed by atoms with E-state index in [0.717, 1.165) is 18.5 Å². The molecule has 0 unspecified atom stereocenters. The number of carbonyl (C=O) groups is 1. The number of halogens is 1. The van der Waals surface area contributed by atoms with Crippen molar-refractivity contribution in [1.82, 2.24) is 9.97 Å². The summed E-state index contributed by atoms with van der Waals surface area (Å²) in [5.41, 5.74) is 1.92. The molecule has 0 aliphatic rings. The van der Waals surface area contributed by atoms with Crippen LogP contribution in [0.15, 0.2) is 30.6 Å². The summed E-state index contributed by atoms with van der Waals surface area (Å²) in [6.07, 6.45) is 6.46. The maximum Gasteiger partial charge on any atom is 0.258 e. The highest BCUT2D eigenvalue weighted by Gasteiger charge is 2.10. The summed E-state index contributed by atoms with van der Waals surface area (Å²) in [5.74, 6) is 0.282. The third-order valence-corrected chi connectivity index (χ3v) is 3.90. The Morgan fingerprint density at radius 2 is 1.96 bits per heavy atom. The van der Waals surface area contributed by atoms with E-state index in [1.54, 1.807) is 12.1 Å². The second-order valence-electron chi connectivity index (χ2n) is 5.30. The molecule has 0 saturated heterocycles. The lowest BCUT2D eigenvalue weighted by atomic mass is 10.2. The van der Waals surface area contributed by atoms with E-state index in [0.29, 0.717) is 22.2 Å². The molecule has 1 amide bonds. The van der Waals surface area contributed by atoms with Gasteiger partial charge >= 0.3 is 0 Å². The van der Waals surface area contributed by atoms with Crippen LogP contribution in [0.2, 0.25) is 5.02 Å². The van der Waals surface area contributed by atoms with Gasteiger partial charge in [-0.25, -0.2) is 9.97 Å². The van der Waals surface area contributed by atoms with E-state index in [9.17, 15) is 4.79 Å². The van der Waals surface area contributed by atoms with Gasteiger partial charge in [-0.1, -0.05) is 37.4 Å². The Bertz CT molecular complexity index is 658. The Hall–Kier alpha value is -2.14.